The lowest BCUT2D eigenvalue weighted by molar-refractivity contribution is -0.117. The molecule has 0 radical (unpaired) electrons. The predicted octanol–water partition coefficient (Wildman–Crippen LogP) is 0.472. The first-order valence-electron chi connectivity index (χ1n) is 4.08. The molecular formula is C8H7IN2O3S. The van der Waals surface area contributed by atoms with Crippen molar-refractivity contribution >= 4 is 44.4 Å². The van der Waals surface area contributed by atoms with Crippen molar-refractivity contribution in [2.45, 2.75) is 0 Å². The number of hydrogen-bond donors (Lipinski definition) is 1. The third kappa shape index (κ3) is 2.07. The molecule has 1 N–H and O–H groups in total. The summed E-state index contributed by atoms with van der Waals surface area (Å²) in [6.45, 7) is -0.150. The number of hydrogen-bond acceptors (Lipinski definition) is 3. The highest BCUT2D eigenvalue weighted by atomic mass is 127. The van der Waals surface area contributed by atoms with Crippen molar-refractivity contribution in [2.75, 3.05) is 10.8 Å². The molecule has 2 rings (SSSR count). The van der Waals surface area contributed by atoms with Gasteiger partial charge in [-0.15, -0.1) is 0 Å². The van der Waals surface area contributed by atoms with E-state index in [9.17, 15) is 13.2 Å². The van der Waals surface area contributed by atoms with Gasteiger partial charge >= 0.3 is 10.2 Å². The van der Waals surface area contributed by atoms with E-state index in [1.54, 1.807) is 24.3 Å². The van der Waals surface area contributed by atoms with E-state index in [2.05, 4.69) is 22.6 Å². The molecule has 80 valence electrons. The third-order valence-electron chi connectivity index (χ3n) is 1.93. The Labute approximate surface area is 101 Å². The number of halogens is 1. The molecule has 1 aromatic carbocycles. The van der Waals surface area contributed by atoms with Crippen LogP contribution >= 0.6 is 22.6 Å². The molecule has 0 aliphatic carbocycles. The van der Waals surface area contributed by atoms with Gasteiger partial charge in [0.05, 0.1) is 5.69 Å². The van der Waals surface area contributed by atoms with Crippen molar-refractivity contribution in [1.82, 2.24) is 4.72 Å². The SMILES string of the molecule is O=C1CN(c2ccc(I)cc2)S(=O)(=O)N1. The normalized spacial score (nSPS) is 19.0. The standard InChI is InChI=1S/C8H7IN2O3S/c9-6-1-3-7(4-2-6)11-5-8(12)10-15(11,13)14/h1-4H,5H2,(H,10,12). The number of carbonyl (C=O) groups excluding carboxylic acids is 1. The molecule has 1 aliphatic rings. The van der Waals surface area contributed by atoms with Gasteiger partial charge in [0.1, 0.15) is 6.54 Å². The van der Waals surface area contributed by atoms with Crippen molar-refractivity contribution in [2.24, 2.45) is 0 Å². The monoisotopic (exact) mass is 338 g/mol. The van der Waals surface area contributed by atoms with Gasteiger partial charge in [0.2, 0.25) is 0 Å². The zero-order chi connectivity index (χ0) is 11.1. The van der Waals surface area contributed by atoms with Crippen LogP contribution in [0.25, 0.3) is 0 Å². The molecule has 0 unspecified atom stereocenters. The van der Waals surface area contributed by atoms with Gasteiger partial charge in [-0.2, -0.15) is 8.42 Å². The Morgan fingerprint density at radius 3 is 2.33 bits per heavy atom. The van der Waals surface area contributed by atoms with Gasteiger partial charge in [-0.25, -0.2) is 9.03 Å². The van der Waals surface area contributed by atoms with E-state index in [4.69, 9.17) is 0 Å². The summed E-state index contributed by atoms with van der Waals surface area (Å²) < 4.78 is 26.9. The van der Waals surface area contributed by atoms with Crippen LogP contribution in [0.1, 0.15) is 0 Å². The molecule has 0 spiro atoms. The van der Waals surface area contributed by atoms with E-state index >= 15 is 0 Å². The Morgan fingerprint density at radius 1 is 1.27 bits per heavy atom. The van der Waals surface area contributed by atoms with Crippen LogP contribution in [0, 0.1) is 3.57 Å². The van der Waals surface area contributed by atoms with Gasteiger partial charge in [-0.05, 0) is 46.9 Å². The van der Waals surface area contributed by atoms with Crippen LogP contribution in [0.3, 0.4) is 0 Å². The topological polar surface area (TPSA) is 66.5 Å². The Hall–Kier alpha value is -0.830. The van der Waals surface area contributed by atoms with Crippen LogP contribution in [-0.4, -0.2) is 20.9 Å². The highest BCUT2D eigenvalue weighted by Gasteiger charge is 2.33. The van der Waals surface area contributed by atoms with Crippen molar-refractivity contribution in [1.29, 1.82) is 0 Å². The molecule has 0 aromatic heterocycles. The second-order valence-electron chi connectivity index (χ2n) is 3.01. The lowest BCUT2D eigenvalue weighted by Gasteiger charge is -2.14. The molecule has 0 bridgehead atoms. The van der Waals surface area contributed by atoms with E-state index in [0.717, 1.165) is 7.88 Å². The average Bonchev–Trinajstić information content (AvgIpc) is 2.41. The Kier molecular flexibility index (Phi) is 2.59. The van der Waals surface area contributed by atoms with Gasteiger partial charge in [0, 0.05) is 3.57 Å². The fraction of sp³-hybridized carbons (Fsp3) is 0.125. The van der Waals surface area contributed by atoms with Gasteiger partial charge in [0.25, 0.3) is 5.91 Å². The highest BCUT2D eigenvalue weighted by Crippen LogP contribution is 2.21. The third-order valence-corrected chi connectivity index (χ3v) is 4.06. The Balaban J connectivity index is 2.40. The van der Waals surface area contributed by atoms with Crippen molar-refractivity contribution in [3.05, 3.63) is 27.8 Å². The number of benzene rings is 1. The maximum absolute atomic E-state index is 11.4. The van der Waals surface area contributed by atoms with Gasteiger partial charge < -0.3 is 0 Å². The molecule has 1 fully saturated rings. The van der Waals surface area contributed by atoms with E-state index < -0.39 is 16.1 Å². The first kappa shape index (κ1) is 10.7. The minimum absolute atomic E-state index is 0.150. The lowest BCUT2D eigenvalue weighted by Crippen LogP contribution is -2.29. The van der Waals surface area contributed by atoms with E-state index in [1.807, 2.05) is 4.72 Å². The molecule has 1 heterocycles. The Bertz CT molecular complexity index is 497. The molecule has 0 atom stereocenters. The smallest absolute Gasteiger partial charge is 0.272 e. The number of nitrogens with one attached hydrogen (secondary N) is 1. The summed E-state index contributed by atoms with van der Waals surface area (Å²) in [5, 5.41) is 0. The number of amides is 1. The summed E-state index contributed by atoms with van der Waals surface area (Å²) in [6.07, 6.45) is 0. The summed E-state index contributed by atoms with van der Waals surface area (Å²) in [6, 6.07) is 6.90. The molecule has 7 heteroatoms. The number of rotatable bonds is 1. The first-order valence-corrected chi connectivity index (χ1v) is 6.60. The van der Waals surface area contributed by atoms with Crippen molar-refractivity contribution in [3.8, 4) is 0 Å². The maximum atomic E-state index is 11.4. The lowest BCUT2D eigenvalue weighted by atomic mass is 10.3. The number of carbonyl (C=O) groups is 1. The van der Waals surface area contributed by atoms with E-state index in [1.165, 1.54) is 0 Å². The fourth-order valence-corrected chi connectivity index (χ4v) is 2.79. The van der Waals surface area contributed by atoms with E-state index in [0.29, 0.717) is 5.69 Å². The zero-order valence-electron chi connectivity index (χ0n) is 7.47. The number of anilines is 1. The second kappa shape index (κ2) is 3.63. The molecule has 1 aromatic rings. The van der Waals surface area contributed by atoms with Crippen LogP contribution in [0.5, 0.6) is 0 Å². The summed E-state index contributed by atoms with van der Waals surface area (Å²) in [4.78, 5) is 11.0. The largest absolute Gasteiger partial charge is 0.326 e. The minimum atomic E-state index is -3.67. The van der Waals surface area contributed by atoms with Crippen LogP contribution in [0.15, 0.2) is 24.3 Å². The molecule has 5 nitrogen and oxygen atoms in total. The summed E-state index contributed by atoms with van der Waals surface area (Å²) in [5.74, 6) is -0.506. The van der Waals surface area contributed by atoms with Crippen LogP contribution in [-0.2, 0) is 15.0 Å². The van der Waals surface area contributed by atoms with Crippen LogP contribution in [0.2, 0.25) is 0 Å². The molecule has 0 saturated carbocycles. The summed E-state index contributed by atoms with van der Waals surface area (Å²) >= 11 is 2.12. The summed E-state index contributed by atoms with van der Waals surface area (Å²) in [7, 11) is -3.67. The average molecular weight is 338 g/mol. The van der Waals surface area contributed by atoms with Crippen molar-refractivity contribution in [3.63, 3.8) is 0 Å². The Morgan fingerprint density at radius 2 is 1.87 bits per heavy atom. The molecule has 1 amide bonds. The van der Waals surface area contributed by atoms with Gasteiger partial charge in [-0.1, -0.05) is 0 Å². The molecular weight excluding hydrogens is 331 g/mol. The minimum Gasteiger partial charge on any atom is -0.272 e. The van der Waals surface area contributed by atoms with Crippen LogP contribution in [0.4, 0.5) is 5.69 Å². The van der Waals surface area contributed by atoms with Crippen LogP contribution < -0.4 is 9.03 Å². The molecule has 1 aliphatic heterocycles. The zero-order valence-corrected chi connectivity index (χ0v) is 10.4. The molecule has 15 heavy (non-hydrogen) atoms. The van der Waals surface area contributed by atoms with Crippen molar-refractivity contribution < 1.29 is 13.2 Å². The second-order valence-corrected chi connectivity index (χ2v) is 5.85. The van der Waals surface area contributed by atoms with E-state index in [-0.39, 0.29) is 6.54 Å². The summed E-state index contributed by atoms with van der Waals surface area (Å²) in [5.41, 5.74) is 0.494. The predicted molar refractivity (Wildman–Crippen MR) is 63.6 cm³/mol. The quantitative estimate of drug-likeness (QED) is 0.757. The number of nitrogens with zero attached hydrogens (tertiary/aromatic N) is 1. The highest BCUT2D eigenvalue weighted by molar-refractivity contribution is 14.1. The maximum Gasteiger partial charge on any atom is 0.326 e. The first-order chi connectivity index (χ1) is 6.99. The fourth-order valence-electron chi connectivity index (χ4n) is 1.28. The van der Waals surface area contributed by atoms with Gasteiger partial charge in [-0.3, -0.25) is 4.79 Å². The molecule has 1 saturated heterocycles. The van der Waals surface area contributed by atoms with Gasteiger partial charge in [0.15, 0.2) is 0 Å².